The van der Waals surface area contributed by atoms with E-state index in [9.17, 15) is 4.79 Å². The van der Waals surface area contributed by atoms with E-state index in [-0.39, 0.29) is 12.4 Å². The van der Waals surface area contributed by atoms with Gasteiger partial charge in [0.25, 0.3) is 0 Å². The van der Waals surface area contributed by atoms with Crippen LogP contribution in [0.4, 0.5) is 0 Å². The Hall–Kier alpha value is -1.23. The Morgan fingerprint density at radius 1 is 1.33 bits per heavy atom. The van der Waals surface area contributed by atoms with Crippen molar-refractivity contribution in [2.45, 2.75) is 45.1 Å². The van der Waals surface area contributed by atoms with Gasteiger partial charge in [0.1, 0.15) is 5.60 Å². The number of ether oxygens (including phenoxy) is 2. The molecule has 1 aromatic carbocycles. The summed E-state index contributed by atoms with van der Waals surface area (Å²) in [6.07, 6.45) is 2.53. The quantitative estimate of drug-likeness (QED) is 0.754. The molecule has 1 N–H and O–H groups in total. The molecule has 3 rings (SSSR count). The van der Waals surface area contributed by atoms with E-state index >= 15 is 0 Å². The molecule has 1 unspecified atom stereocenters. The molecular weight excluding hydrogens is 349 g/mol. The number of aromatic amines is 1. The number of hydrogen-bond donors (Lipinski definition) is 1. The minimum atomic E-state index is -0.708. The van der Waals surface area contributed by atoms with E-state index in [0.717, 1.165) is 41.4 Å². The van der Waals surface area contributed by atoms with Crippen molar-refractivity contribution in [3.8, 4) is 0 Å². The summed E-state index contributed by atoms with van der Waals surface area (Å²) in [7, 11) is 0. The number of halogens is 2. The number of carbonyl (C=O) groups excluding carboxylic acids is 1. The molecular formula is C18H21Cl2NO3. The summed E-state index contributed by atoms with van der Waals surface area (Å²) >= 11 is 12.8. The van der Waals surface area contributed by atoms with Gasteiger partial charge in [0.2, 0.25) is 0 Å². The minimum Gasteiger partial charge on any atom is -0.466 e. The summed E-state index contributed by atoms with van der Waals surface area (Å²) in [6, 6.07) is 3.59. The van der Waals surface area contributed by atoms with Crippen LogP contribution in [0.25, 0.3) is 10.9 Å². The van der Waals surface area contributed by atoms with Gasteiger partial charge in [-0.25, -0.2) is 0 Å². The largest absolute Gasteiger partial charge is 0.466 e. The number of benzene rings is 1. The number of hydrogen-bond acceptors (Lipinski definition) is 3. The van der Waals surface area contributed by atoms with Crippen LogP contribution in [-0.2, 0) is 26.3 Å². The van der Waals surface area contributed by atoms with Crippen molar-refractivity contribution in [2.75, 3.05) is 13.2 Å². The molecule has 2 heterocycles. The van der Waals surface area contributed by atoms with Crippen LogP contribution in [0.5, 0.6) is 0 Å². The molecule has 1 aromatic heterocycles. The number of rotatable bonds is 5. The van der Waals surface area contributed by atoms with Gasteiger partial charge >= 0.3 is 5.97 Å². The van der Waals surface area contributed by atoms with E-state index in [0.29, 0.717) is 23.3 Å². The second-order valence-corrected chi connectivity index (χ2v) is 6.90. The Labute approximate surface area is 151 Å². The van der Waals surface area contributed by atoms with Crippen LogP contribution >= 0.6 is 23.2 Å². The standard InChI is InChI=1S/C18H21Cl2NO3/c1-3-8-18(10-14(22)23-4-2)17-11(7-9-24-18)15-12(19)5-6-13(20)16(15)21-17/h5-6,21H,3-4,7-10H2,1-2H3. The SMILES string of the molecule is CCCC1(CC(=O)OCC)OCCc2c1[nH]c1c(Cl)ccc(Cl)c21. The summed E-state index contributed by atoms with van der Waals surface area (Å²) in [4.78, 5) is 15.6. The molecule has 4 nitrogen and oxygen atoms in total. The van der Waals surface area contributed by atoms with E-state index in [2.05, 4.69) is 11.9 Å². The Kier molecular flexibility index (Phi) is 5.09. The van der Waals surface area contributed by atoms with Crippen LogP contribution in [0.1, 0.15) is 44.4 Å². The zero-order valence-electron chi connectivity index (χ0n) is 13.9. The fraction of sp³-hybridized carbons (Fsp3) is 0.500. The lowest BCUT2D eigenvalue weighted by molar-refractivity contribution is -0.155. The van der Waals surface area contributed by atoms with Crippen LogP contribution in [-0.4, -0.2) is 24.2 Å². The molecule has 1 aliphatic heterocycles. The van der Waals surface area contributed by atoms with Crippen molar-refractivity contribution in [1.29, 1.82) is 0 Å². The second-order valence-electron chi connectivity index (χ2n) is 6.08. The van der Waals surface area contributed by atoms with Crippen molar-refractivity contribution in [3.05, 3.63) is 33.4 Å². The van der Waals surface area contributed by atoms with E-state index < -0.39 is 5.60 Å². The van der Waals surface area contributed by atoms with Crippen molar-refractivity contribution >= 4 is 40.1 Å². The molecule has 0 saturated heterocycles. The molecule has 1 aliphatic rings. The van der Waals surface area contributed by atoms with Gasteiger partial charge in [-0.3, -0.25) is 4.79 Å². The zero-order chi connectivity index (χ0) is 17.3. The normalized spacial score (nSPS) is 20.2. The van der Waals surface area contributed by atoms with Crippen LogP contribution in [0.3, 0.4) is 0 Å². The lowest BCUT2D eigenvalue weighted by atomic mass is 9.85. The first kappa shape index (κ1) is 17.6. The molecule has 24 heavy (non-hydrogen) atoms. The molecule has 0 saturated carbocycles. The smallest absolute Gasteiger partial charge is 0.309 e. The van der Waals surface area contributed by atoms with Gasteiger partial charge in [-0.15, -0.1) is 0 Å². The molecule has 0 bridgehead atoms. The summed E-state index contributed by atoms with van der Waals surface area (Å²) in [6.45, 7) is 4.79. The fourth-order valence-electron chi connectivity index (χ4n) is 3.63. The zero-order valence-corrected chi connectivity index (χ0v) is 15.4. The maximum Gasteiger partial charge on any atom is 0.309 e. The van der Waals surface area contributed by atoms with Crippen molar-refractivity contribution in [2.24, 2.45) is 0 Å². The lowest BCUT2D eigenvalue weighted by Gasteiger charge is -2.36. The van der Waals surface area contributed by atoms with Crippen LogP contribution in [0.2, 0.25) is 10.0 Å². The number of aromatic nitrogens is 1. The molecule has 0 spiro atoms. The summed E-state index contributed by atoms with van der Waals surface area (Å²) in [5.74, 6) is -0.255. The summed E-state index contributed by atoms with van der Waals surface area (Å²) in [5, 5.41) is 2.22. The Morgan fingerprint density at radius 3 is 2.79 bits per heavy atom. The number of carbonyl (C=O) groups is 1. The molecule has 6 heteroatoms. The topological polar surface area (TPSA) is 51.3 Å². The van der Waals surface area contributed by atoms with Gasteiger partial charge < -0.3 is 14.5 Å². The van der Waals surface area contributed by atoms with Crippen molar-refractivity contribution in [1.82, 2.24) is 4.98 Å². The summed E-state index contributed by atoms with van der Waals surface area (Å²) < 4.78 is 11.3. The fourth-order valence-corrected chi connectivity index (χ4v) is 4.10. The van der Waals surface area contributed by atoms with Crippen LogP contribution in [0, 0.1) is 0 Å². The van der Waals surface area contributed by atoms with Gasteiger partial charge in [-0.1, -0.05) is 36.5 Å². The Bertz CT molecular complexity index is 771. The second kappa shape index (κ2) is 6.95. The van der Waals surface area contributed by atoms with Gasteiger partial charge in [-0.05, 0) is 37.5 Å². The van der Waals surface area contributed by atoms with Gasteiger partial charge in [0.05, 0.1) is 40.9 Å². The first-order chi connectivity index (χ1) is 11.5. The Balaban J connectivity index is 2.16. The monoisotopic (exact) mass is 369 g/mol. The maximum atomic E-state index is 12.2. The number of H-pyrrole nitrogens is 1. The number of esters is 1. The van der Waals surface area contributed by atoms with E-state index in [1.807, 2.05) is 6.07 Å². The van der Waals surface area contributed by atoms with Crippen molar-refractivity contribution < 1.29 is 14.3 Å². The highest BCUT2D eigenvalue weighted by Gasteiger charge is 2.42. The third-order valence-corrected chi connectivity index (χ3v) is 5.16. The molecule has 0 aliphatic carbocycles. The molecule has 2 aromatic rings. The molecule has 0 fully saturated rings. The van der Waals surface area contributed by atoms with Crippen LogP contribution < -0.4 is 0 Å². The predicted octanol–water partition coefficient (Wildman–Crippen LogP) is 5.00. The maximum absolute atomic E-state index is 12.2. The highest BCUT2D eigenvalue weighted by Crippen LogP contribution is 2.45. The van der Waals surface area contributed by atoms with Crippen LogP contribution in [0.15, 0.2) is 12.1 Å². The Morgan fingerprint density at radius 2 is 2.08 bits per heavy atom. The first-order valence-corrected chi connectivity index (χ1v) is 9.06. The highest BCUT2D eigenvalue weighted by atomic mass is 35.5. The molecule has 130 valence electrons. The average molecular weight is 370 g/mol. The molecule has 1 atom stereocenters. The van der Waals surface area contributed by atoms with E-state index in [1.165, 1.54) is 0 Å². The third-order valence-electron chi connectivity index (χ3n) is 4.53. The van der Waals surface area contributed by atoms with Gasteiger partial charge in [0, 0.05) is 5.39 Å². The highest BCUT2D eigenvalue weighted by molar-refractivity contribution is 6.40. The first-order valence-electron chi connectivity index (χ1n) is 8.31. The van der Waals surface area contributed by atoms with Gasteiger partial charge in [0.15, 0.2) is 0 Å². The lowest BCUT2D eigenvalue weighted by Crippen LogP contribution is -2.38. The number of fused-ring (bicyclic) bond motifs is 3. The van der Waals surface area contributed by atoms with Crippen molar-refractivity contribution in [3.63, 3.8) is 0 Å². The molecule has 0 radical (unpaired) electrons. The number of nitrogens with one attached hydrogen (secondary N) is 1. The van der Waals surface area contributed by atoms with Gasteiger partial charge in [-0.2, -0.15) is 0 Å². The minimum absolute atomic E-state index is 0.184. The van der Waals surface area contributed by atoms with E-state index in [1.54, 1.807) is 13.0 Å². The molecule has 0 amide bonds. The van der Waals surface area contributed by atoms with E-state index in [4.69, 9.17) is 32.7 Å². The predicted molar refractivity (Wildman–Crippen MR) is 95.8 cm³/mol. The average Bonchev–Trinajstić information content (AvgIpc) is 2.94. The third kappa shape index (κ3) is 2.92. The summed E-state index contributed by atoms with van der Waals surface area (Å²) in [5.41, 5.74) is 2.11.